The summed E-state index contributed by atoms with van der Waals surface area (Å²) in [7, 11) is 0. The molecular weight excluding hydrogens is 232 g/mol. The highest BCUT2D eigenvalue weighted by molar-refractivity contribution is 5.76. The molecule has 2 aliphatic rings. The number of benzene rings is 2. The van der Waals surface area contributed by atoms with Crippen LogP contribution >= 0.6 is 0 Å². The topological polar surface area (TPSA) is 15.3 Å². The molecule has 1 atom stereocenters. The third kappa shape index (κ3) is 1.71. The van der Waals surface area contributed by atoms with Crippen molar-refractivity contribution in [3.8, 4) is 0 Å². The van der Waals surface area contributed by atoms with E-state index in [0.717, 1.165) is 19.0 Å². The Labute approximate surface area is 114 Å². The molecule has 4 rings (SSSR count). The quantitative estimate of drug-likeness (QED) is 0.818. The molecule has 0 saturated heterocycles. The normalized spacial score (nSPS) is 20.6. The Bertz CT molecular complexity index is 591. The third-order valence-electron chi connectivity index (χ3n) is 4.36. The predicted molar refractivity (Wildman–Crippen MR) is 80.4 cm³/mol. The maximum absolute atomic E-state index is 3.55. The molecule has 96 valence electrons. The van der Waals surface area contributed by atoms with Gasteiger partial charge in [-0.3, -0.25) is 0 Å². The molecule has 2 aromatic carbocycles. The zero-order chi connectivity index (χ0) is 12.7. The number of nitrogens with one attached hydrogen (secondary N) is 1. The van der Waals surface area contributed by atoms with E-state index in [9.17, 15) is 0 Å². The monoisotopic (exact) mass is 250 g/mol. The number of para-hydroxylation sites is 1. The molecule has 0 fully saturated rings. The van der Waals surface area contributed by atoms with Crippen LogP contribution in [0.5, 0.6) is 0 Å². The van der Waals surface area contributed by atoms with E-state index in [4.69, 9.17) is 0 Å². The van der Waals surface area contributed by atoms with Gasteiger partial charge in [0.1, 0.15) is 0 Å². The molecule has 0 amide bonds. The van der Waals surface area contributed by atoms with Crippen LogP contribution in [0.2, 0.25) is 0 Å². The van der Waals surface area contributed by atoms with Gasteiger partial charge in [0, 0.05) is 35.7 Å². The maximum Gasteiger partial charge on any atom is 0.0466 e. The van der Waals surface area contributed by atoms with Gasteiger partial charge >= 0.3 is 0 Å². The van der Waals surface area contributed by atoms with E-state index in [0.29, 0.717) is 0 Å². The lowest BCUT2D eigenvalue weighted by Crippen LogP contribution is -2.30. The first-order valence-electron chi connectivity index (χ1n) is 7.13. The second kappa shape index (κ2) is 4.30. The van der Waals surface area contributed by atoms with Crippen LogP contribution in [-0.2, 0) is 0 Å². The fourth-order valence-corrected chi connectivity index (χ4v) is 3.47. The number of rotatable bonds is 1. The minimum atomic E-state index is 0.743. The highest BCUT2D eigenvalue weighted by Crippen LogP contribution is 2.46. The van der Waals surface area contributed by atoms with E-state index in [1.807, 2.05) is 0 Å². The second-order valence-electron chi connectivity index (χ2n) is 5.43. The van der Waals surface area contributed by atoms with Crippen LogP contribution in [0.15, 0.2) is 48.5 Å². The summed E-state index contributed by atoms with van der Waals surface area (Å²) in [5, 5.41) is 3.55. The summed E-state index contributed by atoms with van der Waals surface area (Å²) < 4.78 is 0. The Kier molecular flexibility index (Phi) is 2.47. The SMILES string of the molecule is c1ccc(N2CCC3CCNc4cccc2c43)cc1. The first-order chi connectivity index (χ1) is 9.43. The summed E-state index contributed by atoms with van der Waals surface area (Å²) >= 11 is 0. The standard InChI is InChI=1S/C17H18N2/c1-2-5-14(6-3-1)19-12-10-13-9-11-18-15-7-4-8-16(19)17(13)15/h1-8,13,18H,9-12H2. The number of hydrogen-bond acceptors (Lipinski definition) is 2. The van der Waals surface area contributed by atoms with Crippen molar-refractivity contribution in [2.75, 3.05) is 23.3 Å². The van der Waals surface area contributed by atoms with E-state index in [1.54, 1.807) is 0 Å². The molecule has 0 spiro atoms. The fraction of sp³-hybridized carbons (Fsp3) is 0.294. The highest BCUT2D eigenvalue weighted by Gasteiger charge is 2.30. The van der Waals surface area contributed by atoms with Crippen LogP contribution in [0.25, 0.3) is 0 Å². The number of hydrogen-bond donors (Lipinski definition) is 1. The van der Waals surface area contributed by atoms with E-state index >= 15 is 0 Å². The predicted octanol–water partition coefficient (Wildman–Crippen LogP) is 4.13. The van der Waals surface area contributed by atoms with E-state index in [-0.39, 0.29) is 0 Å². The highest BCUT2D eigenvalue weighted by atomic mass is 15.1. The molecule has 1 unspecified atom stereocenters. The number of nitrogens with zero attached hydrogens (tertiary/aromatic N) is 1. The molecule has 0 bridgehead atoms. The van der Waals surface area contributed by atoms with Crippen LogP contribution in [0.1, 0.15) is 24.3 Å². The Morgan fingerprint density at radius 2 is 1.84 bits per heavy atom. The zero-order valence-corrected chi connectivity index (χ0v) is 11.0. The van der Waals surface area contributed by atoms with Crippen molar-refractivity contribution in [1.82, 2.24) is 0 Å². The van der Waals surface area contributed by atoms with Crippen molar-refractivity contribution >= 4 is 17.1 Å². The van der Waals surface area contributed by atoms with Crippen LogP contribution in [0.4, 0.5) is 17.1 Å². The molecule has 0 aromatic heterocycles. The first-order valence-corrected chi connectivity index (χ1v) is 7.13. The molecule has 2 heteroatoms. The van der Waals surface area contributed by atoms with E-state index in [1.165, 1.54) is 35.5 Å². The third-order valence-corrected chi connectivity index (χ3v) is 4.36. The van der Waals surface area contributed by atoms with Crippen LogP contribution in [0, 0.1) is 0 Å². The second-order valence-corrected chi connectivity index (χ2v) is 5.43. The van der Waals surface area contributed by atoms with Gasteiger partial charge < -0.3 is 10.2 Å². The van der Waals surface area contributed by atoms with Crippen LogP contribution < -0.4 is 10.2 Å². The summed E-state index contributed by atoms with van der Waals surface area (Å²) in [5.41, 5.74) is 5.57. The van der Waals surface area contributed by atoms with E-state index in [2.05, 4.69) is 58.7 Å². The summed E-state index contributed by atoms with van der Waals surface area (Å²) in [6.07, 6.45) is 2.53. The Morgan fingerprint density at radius 3 is 2.74 bits per heavy atom. The van der Waals surface area contributed by atoms with Gasteiger partial charge in [-0.15, -0.1) is 0 Å². The van der Waals surface area contributed by atoms with Crippen molar-refractivity contribution < 1.29 is 0 Å². The molecule has 2 aliphatic heterocycles. The Hall–Kier alpha value is -1.96. The van der Waals surface area contributed by atoms with Crippen molar-refractivity contribution in [2.45, 2.75) is 18.8 Å². The molecule has 2 nitrogen and oxygen atoms in total. The average Bonchev–Trinajstić information content (AvgIpc) is 2.49. The average molecular weight is 250 g/mol. The van der Waals surface area contributed by atoms with Crippen molar-refractivity contribution in [2.24, 2.45) is 0 Å². The molecular formula is C17H18N2. The van der Waals surface area contributed by atoms with E-state index < -0.39 is 0 Å². The lowest BCUT2D eigenvalue weighted by Gasteiger charge is -2.39. The minimum absolute atomic E-state index is 0.743. The lowest BCUT2D eigenvalue weighted by atomic mass is 9.83. The maximum atomic E-state index is 3.55. The molecule has 0 saturated carbocycles. The minimum Gasteiger partial charge on any atom is -0.385 e. The van der Waals surface area contributed by atoms with Gasteiger partial charge in [0.2, 0.25) is 0 Å². The van der Waals surface area contributed by atoms with Crippen molar-refractivity contribution in [1.29, 1.82) is 0 Å². The zero-order valence-electron chi connectivity index (χ0n) is 11.0. The van der Waals surface area contributed by atoms with Gasteiger partial charge in [-0.25, -0.2) is 0 Å². The molecule has 2 heterocycles. The van der Waals surface area contributed by atoms with Gasteiger partial charge in [-0.1, -0.05) is 24.3 Å². The van der Waals surface area contributed by atoms with Gasteiger partial charge in [-0.2, -0.15) is 0 Å². The summed E-state index contributed by atoms with van der Waals surface area (Å²) in [6.45, 7) is 2.25. The van der Waals surface area contributed by atoms with Gasteiger partial charge in [0.05, 0.1) is 0 Å². The summed E-state index contributed by atoms with van der Waals surface area (Å²) in [4.78, 5) is 2.46. The van der Waals surface area contributed by atoms with Crippen LogP contribution in [0.3, 0.4) is 0 Å². The molecule has 2 aromatic rings. The smallest absolute Gasteiger partial charge is 0.0466 e. The Morgan fingerprint density at radius 1 is 0.947 bits per heavy atom. The van der Waals surface area contributed by atoms with Gasteiger partial charge in [-0.05, 0) is 43.0 Å². The van der Waals surface area contributed by atoms with Gasteiger partial charge in [0.15, 0.2) is 0 Å². The largest absolute Gasteiger partial charge is 0.385 e. The number of anilines is 3. The summed E-state index contributed by atoms with van der Waals surface area (Å²) in [6, 6.07) is 17.4. The molecule has 0 radical (unpaired) electrons. The first kappa shape index (κ1) is 10.9. The van der Waals surface area contributed by atoms with Crippen molar-refractivity contribution in [3.05, 3.63) is 54.1 Å². The van der Waals surface area contributed by atoms with Crippen LogP contribution in [-0.4, -0.2) is 13.1 Å². The molecule has 19 heavy (non-hydrogen) atoms. The van der Waals surface area contributed by atoms with Gasteiger partial charge in [0.25, 0.3) is 0 Å². The molecule has 1 N–H and O–H groups in total. The summed E-state index contributed by atoms with van der Waals surface area (Å²) in [5.74, 6) is 0.743. The Balaban J connectivity index is 1.85. The fourth-order valence-electron chi connectivity index (χ4n) is 3.47. The molecule has 0 aliphatic carbocycles. The lowest BCUT2D eigenvalue weighted by molar-refractivity contribution is 0.561. The van der Waals surface area contributed by atoms with Crippen molar-refractivity contribution in [3.63, 3.8) is 0 Å².